The summed E-state index contributed by atoms with van der Waals surface area (Å²) in [5.74, 6) is 0.328. The van der Waals surface area contributed by atoms with E-state index in [1.807, 2.05) is 26.8 Å². The predicted molar refractivity (Wildman–Crippen MR) is 64.5 cm³/mol. The van der Waals surface area contributed by atoms with E-state index in [0.29, 0.717) is 5.82 Å². The van der Waals surface area contributed by atoms with Gasteiger partial charge in [0.15, 0.2) is 22.4 Å². The average Bonchev–Trinajstić information content (AvgIpc) is 2.31. The molecule has 1 N–H and O–H groups in total. The summed E-state index contributed by atoms with van der Waals surface area (Å²) in [5.41, 5.74) is -0.289. The molecular formula is C11H12ClN5. The van der Waals surface area contributed by atoms with Crippen LogP contribution in [0.15, 0.2) is 0 Å². The van der Waals surface area contributed by atoms with Crippen molar-refractivity contribution in [3.8, 4) is 12.1 Å². The van der Waals surface area contributed by atoms with Crippen molar-refractivity contribution in [1.82, 2.24) is 9.97 Å². The summed E-state index contributed by atoms with van der Waals surface area (Å²) in [4.78, 5) is 7.84. The minimum atomic E-state index is -0.209. The lowest BCUT2D eigenvalue weighted by Gasteiger charge is -2.25. The number of nitrogens with one attached hydrogen (secondary N) is 1. The number of anilines is 1. The van der Waals surface area contributed by atoms with E-state index >= 15 is 0 Å². The molecule has 0 unspecified atom stereocenters. The van der Waals surface area contributed by atoms with Gasteiger partial charge in [0, 0.05) is 5.54 Å². The van der Waals surface area contributed by atoms with Crippen LogP contribution in [-0.4, -0.2) is 15.5 Å². The molecule has 0 fully saturated rings. The van der Waals surface area contributed by atoms with Crippen molar-refractivity contribution in [3.63, 3.8) is 0 Å². The molecule has 0 aliphatic carbocycles. The number of nitriles is 2. The third-order valence-corrected chi connectivity index (χ3v) is 2.67. The van der Waals surface area contributed by atoms with E-state index in [1.54, 1.807) is 6.07 Å². The van der Waals surface area contributed by atoms with Gasteiger partial charge in [-0.15, -0.1) is 0 Å². The first-order chi connectivity index (χ1) is 7.93. The van der Waals surface area contributed by atoms with Gasteiger partial charge in [-0.2, -0.15) is 10.5 Å². The minimum absolute atomic E-state index is 0.0219. The molecule has 0 radical (unpaired) electrons. The Morgan fingerprint density at radius 3 is 2.24 bits per heavy atom. The van der Waals surface area contributed by atoms with E-state index in [2.05, 4.69) is 15.3 Å². The fourth-order valence-corrected chi connectivity index (χ4v) is 1.23. The van der Waals surface area contributed by atoms with Gasteiger partial charge in [0.25, 0.3) is 0 Å². The van der Waals surface area contributed by atoms with Crippen molar-refractivity contribution in [2.24, 2.45) is 0 Å². The molecular weight excluding hydrogens is 238 g/mol. The molecule has 88 valence electrons. The molecule has 1 rings (SSSR count). The Kier molecular flexibility index (Phi) is 3.88. The molecule has 0 saturated heterocycles. The molecule has 0 atom stereocenters. The van der Waals surface area contributed by atoms with Gasteiger partial charge < -0.3 is 5.32 Å². The van der Waals surface area contributed by atoms with Gasteiger partial charge in [0.1, 0.15) is 12.1 Å². The van der Waals surface area contributed by atoms with Crippen molar-refractivity contribution in [2.45, 2.75) is 32.7 Å². The molecule has 0 spiro atoms. The molecule has 0 aliphatic heterocycles. The van der Waals surface area contributed by atoms with E-state index in [1.165, 1.54) is 0 Å². The molecule has 5 nitrogen and oxygen atoms in total. The minimum Gasteiger partial charge on any atom is -0.363 e. The second-order valence-electron chi connectivity index (χ2n) is 4.15. The smallest absolute Gasteiger partial charge is 0.179 e. The Hall–Kier alpha value is -1.85. The topological polar surface area (TPSA) is 85.4 Å². The third-order valence-electron chi connectivity index (χ3n) is 2.41. The fraction of sp³-hybridized carbons (Fsp3) is 0.455. The van der Waals surface area contributed by atoms with E-state index in [9.17, 15) is 0 Å². The molecule has 6 heteroatoms. The number of hydrogen-bond acceptors (Lipinski definition) is 5. The van der Waals surface area contributed by atoms with Crippen molar-refractivity contribution in [2.75, 3.05) is 5.32 Å². The lowest BCUT2D eigenvalue weighted by Crippen LogP contribution is -2.30. The Morgan fingerprint density at radius 2 is 1.76 bits per heavy atom. The van der Waals surface area contributed by atoms with Crippen molar-refractivity contribution < 1.29 is 0 Å². The molecule has 0 aromatic carbocycles. The van der Waals surface area contributed by atoms with Crippen LogP contribution in [0.2, 0.25) is 5.15 Å². The van der Waals surface area contributed by atoms with Crippen LogP contribution < -0.4 is 5.32 Å². The summed E-state index contributed by atoms with van der Waals surface area (Å²) in [7, 11) is 0. The maximum Gasteiger partial charge on any atom is 0.179 e. The molecule has 0 saturated carbocycles. The quantitative estimate of drug-likeness (QED) is 0.889. The van der Waals surface area contributed by atoms with Gasteiger partial charge in [-0.3, -0.25) is 0 Å². The summed E-state index contributed by atoms with van der Waals surface area (Å²) in [5, 5.41) is 20.8. The van der Waals surface area contributed by atoms with Crippen molar-refractivity contribution >= 4 is 17.4 Å². The molecule has 0 amide bonds. The lowest BCUT2D eigenvalue weighted by molar-refractivity contribution is 0.544. The van der Waals surface area contributed by atoms with Gasteiger partial charge in [-0.25, -0.2) is 9.97 Å². The van der Waals surface area contributed by atoms with Gasteiger partial charge >= 0.3 is 0 Å². The first kappa shape index (κ1) is 13.2. The van der Waals surface area contributed by atoms with E-state index < -0.39 is 0 Å². The van der Waals surface area contributed by atoms with Gasteiger partial charge in [-0.05, 0) is 20.3 Å². The summed E-state index contributed by atoms with van der Waals surface area (Å²) in [6.45, 7) is 5.98. The van der Waals surface area contributed by atoms with Crippen molar-refractivity contribution in [3.05, 3.63) is 16.5 Å². The Labute approximate surface area is 105 Å². The van der Waals surface area contributed by atoms with Gasteiger partial charge in [0.05, 0.1) is 0 Å². The summed E-state index contributed by atoms with van der Waals surface area (Å²) >= 11 is 5.90. The van der Waals surface area contributed by atoms with Crippen LogP contribution in [0, 0.1) is 22.7 Å². The van der Waals surface area contributed by atoms with Crippen LogP contribution in [0.1, 0.15) is 38.6 Å². The third kappa shape index (κ3) is 3.05. The highest BCUT2D eigenvalue weighted by Gasteiger charge is 2.19. The molecule has 1 aromatic heterocycles. The monoisotopic (exact) mass is 249 g/mol. The second-order valence-corrected chi connectivity index (χ2v) is 4.50. The maximum absolute atomic E-state index is 8.85. The largest absolute Gasteiger partial charge is 0.363 e. The Balaban J connectivity index is 3.20. The van der Waals surface area contributed by atoms with E-state index in [0.717, 1.165) is 6.42 Å². The molecule has 1 aromatic rings. The lowest BCUT2D eigenvalue weighted by atomic mass is 10.0. The number of hydrogen-bond donors (Lipinski definition) is 1. The van der Waals surface area contributed by atoms with E-state index in [-0.39, 0.29) is 22.1 Å². The zero-order valence-electron chi connectivity index (χ0n) is 9.87. The second kappa shape index (κ2) is 4.99. The van der Waals surface area contributed by atoms with Crippen LogP contribution >= 0.6 is 11.6 Å². The fourth-order valence-electron chi connectivity index (χ4n) is 1.06. The average molecular weight is 250 g/mol. The summed E-state index contributed by atoms with van der Waals surface area (Å²) < 4.78 is 0. The first-order valence-electron chi connectivity index (χ1n) is 5.09. The Bertz CT molecular complexity index is 510. The zero-order valence-corrected chi connectivity index (χ0v) is 10.6. The predicted octanol–water partition coefficient (Wildman–Crippen LogP) is 2.47. The highest BCUT2D eigenvalue weighted by molar-refractivity contribution is 6.31. The number of rotatable bonds is 3. The highest BCUT2D eigenvalue weighted by Crippen LogP contribution is 2.23. The molecule has 0 aliphatic rings. The number of nitrogens with zero attached hydrogens (tertiary/aromatic N) is 4. The molecule has 0 bridgehead atoms. The number of halogens is 1. The van der Waals surface area contributed by atoms with Crippen LogP contribution in [-0.2, 0) is 0 Å². The normalized spacial score (nSPS) is 10.5. The van der Waals surface area contributed by atoms with Crippen molar-refractivity contribution in [1.29, 1.82) is 10.5 Å². The van der Waals surface area contributed by atoms with Gasteiger partial charge in [0.2, 0.25) is 0 Å². The Morgan fingerprint density at radius 1 is 1.24 bits per heavy atom. The molecule has 1 heterocycles. The summed E-state index contributed by atoms with van der Waals surface area (Å²) in [6.07, 6.45) is 0.854. The standard InChI is InChI=1S/C11H12ClN5/c1-4-11(2,3)17-10-9(12)15-7(5-13)8(6-14)16-10/h4H2,1-3H3,(H,16,17). The van der Waals surface area contributed by atoms with Gasteiger partial charge in [-0.1, -0.05) is 18.5 Å². The van der Waals surface area contributed by atoms with Crippen LogP contribution in [0.25, 0.3) is 0 Å². The zero-order chi connectivity index (χ0) is 13.1. The highest BCUT2D eigenvalue weighted by atomic mass is 35.5. The maximum atomic E-state index is 8.85. The van der Waals surface area contributed by atoms with Crippen LogP contribution in [0.3, 0.4) is 0 Å². The van der Waals surface area contributed by atoms with E-state index in [4.69, 9.17) is 22.1 Å². The summed E-state index contributed by atoms with van der Waals surface area (Å²) in [6, 6.07) is 3.61. The van der Waals surface area contributed by atoms with Crippen LogP contribution in [0.4, 0.5) is 5.82 Å². The molecule has 17 heavy (non-hydrogen) atoms. The SMILES string of the molecule is CCC(C)(C)Nc1nc(C#N)c(C#N)nc1Cl. The first-order valence-corrected chi connectivity index (χ1v) is 5.47. The van der Waals surface area contributed by atoms with Crippen LogP contribution in [0.5, 0.6) is 0 Å². The number of aromatic nitrogens is 2.